The van der Waals surface area contributed by atoms with E-state index >= 15 is 0 Å². The van der Waals surface area contributed by atoms with Gasteiger partial charge in [-0.1, -0.05) is 83.9 Å². The SMILES string of the molecule is CCCCCCCCCCNC(=O)C(=O)Nc1ccccc1C(C)C. The van der Waals surface area contributed by atoms with Gasteiger partial charge in [-0.25, -0.2) is 0 Å². The molecule has 1 rings (SSSR count). The summed E-state index contributed by atoms with van der Waals surface area (Å²) < 4.78 is 0. The van der Waals surface area contributed by atoms with Crippen molar-refractivity contribution in [1.82, 2.24) is 5.32 Å². The summed E-state index contributed by atoms with van der Waals surface area (Å²) in [5, 5.41) is 5.43. The van der Waals surface area contributed by atoms with Gasteiger partial charge < -0.3 is 10.6 Å². The van der Waals surface area contributed by atoms with Crippen molar-refractivity contribution < 1.29 is 9.59 Å². The summed E-state index contributed by atoms with van der Waals surface area (Å²) in [7, 11) is 0. The van der Waals surface area contributed by atoms with Gasteiger partial charge in [0.2, 0.25) is 0 Å². The molecule has 2 amide bonds. The van der Waals surface area contributed by atoms with Crippen LogP contribution in [0.2, 0.25) is 0 Å². The van der Waals surface area contributed by atoms with E-state index in [1.165, 1.54) is 38.5 Å². The minimum Gasteiger partial charge on any atom is -0.348 e. The molecule has 0 fully saturated rings. The van der Waals surface area contributed by atoms with Crippen LogP contribution >= 0.6 is 0 Å². The average molecular weight is 347 g/mol. The number of benzene rings is 1. The molecule has 0 bridgehead atoms. The Morgan fingerprint density at radius 3 is 2.12 bits per heavy atom. The molecule has 0 aliphatic heterocycles. The van der Waals surface area contributed by atoms with Gasteiger partial charge in [0.15, 0.2) is 0 Å². The summed E-state index contributed by atoms with van der Waals surface area (Å²) in [5.41, 5.74) is 1.75. The number of hydrogen-bond donors (Lipinski definition) is 2. The number of amides is 2. The van der Waals surface area contributed by atoms with Crippen molar-refractivity contribution in [3.05, 3.63) is 29.8 Å². The highest BCUT2D eigenvalue weighted by molar-refractivity contribution is 6.39. The molecule has 1 aromatic rings. The first-order valence-corrected chi connectivity index (χ1v) is 9.74. The van der Waals surface area contributed by atoms with E-state index < -0.39 is 11.8 Å². The molecule has 0 aromatic heterocycles. The van der Waals surface area contributed by atoms with E-state index in [0.717, 1.165) is 18.4 Å². The zero-order chi connectivity index (χ0) is 18.5. The molecule has 0 spiro atoms. The Morgan fingerprint density at radius 1 is 0.880 bits per heavy atom. The molecule has 25 heavy (non-hydrogen) atoms. The van der Waals surface area contributed by atoms with Crippen molar-refractivity contribution >= 4 is 17.5 Å². The number of para-hydroxylation sites is 1. The van der Waals surface area contributed by atoms with E-state index in [9.17, 15) is 9.59 Å². The van der Waals surface area contributed by atoms with E-state index in [1.54, 1.807) is 0 Å². The maximum Gasteiger partial charge on any atom is 0.313 e. The number of carbonyl (C=O) groups is 2. The zero-order valence-electron chi connectivity index (χ0n) is 16.1. The molecule has 0 saturated carbocycles. The second-order valence-electron chi connectivity index (χ2n) is 6.93. The average Bonchev–Trinajstić information content (AvgIpc) is 2.60. The van der Waals surface area contributed by atoms with Gasteiger partial charge in [0.25, 0.3) is 0 Å². The molecule has 1 aromatic carbocycles. The van der Waals surface area contributed by atoms with Gasteiger partial charge in [-0.05, 0) is 24.0 Å². The Kier molecular flexibility index (Phi) is 10.6. The summed E-state index contributed by atoms with van der Waals surface area (Å²) in [6.45, 7) is 6.91. The normalized spacial score (nSPS) is 10.7. The Bertz CT molecular complexity index is 526. The molecule has 0 aliphatic rings. The fourth-order valence-electron chi connectivity index (χ4n) is 2.83. The number of rotatable bonds is 11. The molecule has 0 heterocycles. The number of unbranched alkanes of at least 4 members (excludes halogenated alkanes) is 7. The van der Waals surface area contributed by atoms with Gasteiger partial charge in [0.05, 0.1) is 0 Å². The molecule has 0 radical (unpaired) electrons. The summed E-state index contributed by atoms with van der Waals surface area (Å²) in [4.78, 5) is 23.9. The molecular weight excluding hydrogens is 312 g/mol. The van der Waals surface area contributed by atoms with Crippen LogP contribution in [0.4, 0.5) is 5.69 Å². The van der Waals surface area contributed by atoms with Crippen LogP contribution in [0, 0.1) is 0 Å². The Labute approximate surface area is 152 Å². The molecule has 4 nitrogen and oxygen atoms in total. The maximum atomic E-state index is 12.0. The molecule has 0 atom stereocenters. The van der Waals surface area contributed by atoms with Gasteiger partial charge in [-0.2, -0.15) is 0 Å². The van der Waals surface area contributed by atoms with Crippen LogP contribution in [-0.2, 0) is 9.59 Å². The lowest BCUT2D eigenvalue weighted by Crippen LogP contribution is -2.36. The first-order chi connectivity index (χ1) is 12.1. The minimum absolute atomic E-state index is 0.289. The van der Waals surface area contributed by atoms with Crippen LogP contribution in [0.25, 0.3) is 0 Å². The van der Waals surface area contributed by atoms with E-state index in [1.807, 2.05) is 24.3 Å². The van der Waals surface area contributed by atoms with Gasteiger partial charge in [0.1, 0.15) is 0 Å². The third-order valence-electron chi connectivity index (χ3n) is 4.35. The van der Waals surface area contributed by atoms with Crippen molar-refractivity contribution in [2.45, 2.75) is 78.1 Å². The van der Waals surface area contributed by atoms with Gasteiger partial charge in [0, 0.05) is 12.2 Å². The number of hydrogen-bond acceptors (Lipinski definition) is 2. The predicted molar refractivity (Wildman–Crippen MR) is 105 cm³/mol. The van der Waals surface area contributed by atoms with Crippen LogP contribution < -0.4 is 10.6 Å². The van der Waals surface area contributed by atoms with Gasteiger partial charge in [-0.3, -0.25) is 9.59 Å². The summed E-state index contributed by atoms with van der Waals surface area (Å²) in [6.07, 6.45) is 9.72. The van der Waals surface area contributed by atoms with Crippen LogP contribution in [0.1, 0.15) is 83.6 Å². The highest BCUT2D eigenvalue weighted by Gasteiger charge is 2.15. The summed E-state index contributed by atoms with van der Waals surface area (Å²) in [6, 6.07) is 7.60. The van der Waals surface area contributed by atoms with Crippen molar-refractivity contribution in [2.75, 3.05) is 11.9 Å². The van der Waals surface area contributed by atoms with Crippen LogP contribution in [-0.4, -0.2) is 18.4 Å². The minimum atomic E-state index is -0.590. The number of anilines is 1. The third kappa shape index (κ3) is 8.71. The maximum absolute atomic E-state index is 12.0. The highest BCUT2D eigenvalue weighted by Crippen LogP contribution is 2.23. The van der Waals surface area contributed by atoms with Crippen molar-refractivity contribution in [3.63, 3.8) is 0 Å². The smallest absolute Gasteiger partial charge is 0.313 e. The van der Waals surface area contributed by atoms with Crippen LogP contribution in [0.15, 0.2) is 24.3 Å². The standard InChI is InChI=1S/C21H34N2O2/c1-4-5-6-7-8-9-10-13-16-22-20(24)21(25)23-19-15-12-11-14-18(19)17(2)3/h11-12,14-15,17H,4-10,13,16H2,1-3H3,(H,22,24)(H,23,25). The van der Waals surface area contributed by atoms with Gasteiger partial charge >= 0.3 is 11.8 Å². The fourth-order valence-corrected chi connectivity index (χ4v) is 2.83. The molecule has 0 aliphatic carbocycles. The Hall–Kier alpha value is -1.84. The van der Waals surface area contributed by atoms with E-state index in [4.69, 9.17) is 0 Å². The van der Waals surface area contributed by atoms with E-state index in [0.29, 0.717) is 12.2 Å². The lowest BCUT2D eigenvalue weighted by atomic mass is 10.0. The van der Waals surface area contributed by atoms with Gasteiger partial charge in [-0.15, -0.1) is 0 Å². The van der Waals surface area contributed by atoms with E-state index in [-0.39, 0.29) is 5.92 Å². The quantitative estimate of drug-likeness (QED) is 0.437. The lowest BCUT2D eigenvalue weighted by Gasteiger charge is -2.13. The van der Waals surface area contributed by atoms with E-state index in [2.05, 4.69) is 31.4 Å². The molecular formula is C21H34N2O2. The largest absolute Gasteiger partial charge is 0.348 e. The molecule has 140 valence electrons. The van der Waals surface area contributed by atoms with Crippen molar-refractivity contribution in [2.24, 2.45) is 0 Å². The zero-order valence-corrected chi connectivity index (χ0v) is 16.1. The number of nitrogens with one attached hydrogen (secondary N) is 2. The first kappa shape index (κ1) is 21.2. The molecule has 0 saturated heterocycles. The molecule has 0 unspecified atom stereocenters. The summed E-state index contributed by atoms with van der Waals surface area (Å²) in [5.74, 6) is -0.856. The molecule has 2 N–H and O–H groups in total. The Balaban J connectivity index is 2.22. The molecule has 4 heteroatoms. The summed E-state index contributed by atoms with van der Waals surface area (Å²) >= 11 is 0. The highest BCUT2D eigenvalue weighted by atomic mass is 16.2. The third-order valence-corrected chi connectivity index (χ3v) is 4.35. The van der Waals surface area contributed by atoms with Crippen molar-refractivity contribution in [3.8, 4) is 0 Å². The first-order valence-electron chi connectivity index (χ1n) is 9.74. The number of carbonyl (C=O) groups excluding carboxylic acids is 2. The second-order valence-corrected chi connectivity index (χ2v) is 6.93. The van der Waals surface area contributed by atoms with Crippen molar-refractivity contribution in [1.29, 1.82) is 0 Å². The van der Waals surface area contributed by atoms with Crippen LogP contribution in [0.3, 0.4) is 0 Å². The lowest BCUT2D eigenvalue weighted by molar-refractivity contribution is -0.136. The van der Waals surface area contributed by atoms with Crippen LogP contribution in [0.5, 0.6) is 0 Å². The Morgan fingerprint density at radius 2 is 1.48 bits per heavy atom. The topological polar surface area (TPSA) is 58.2 Å². The fraction of sp³-hybridized carbons (Fsp3) is 0.619. The monoisotopic (exact) mass is 346 g/mol. The predicted octanol–water partition coefficient (Wildman–Crippen LogP) is 5.01. The second kappa shape index (κ2) is 12.5.